The van der Waals surface area contributed by atoms with E-state index in [4.69, 9.17) is 17.0 Å². The second-order valence-electron chi connectivity index (χ2n) is 6.39. The number of thiophene rings is 1. The van der Waals surface area contributed by atoms with Crippen LogP contribution in [0.15, 0.2) is 30.3 Å². The molecule has 140 valence electrons. The molecule has 0 fully saturated rings. The third-order valence-electron chi connectivity index (χ3n) is 4.45. The molecule has 0 spiro atoms. The van der Waals surface area contributed by atoms with Gasteiger partial charge in [0.25, 0.3) is 0 Å². The number of hydrogen-bond acceptors (Lipinski definition) is 4. The van der Waals surface area contributed by atoms with Gasteiger partial charge in [0.1, 0.15) is 5.00 Å². The van der Waals surface area contributed by atoms with Gasteiger partial charge < -0.3 is 15.4 Å². The fourth-order valence-electron chi connectivity index (χ4n) is 2.64. The van der Waals surface area contributed by atoms with Gasteiger partial charge >= 0.3 is 5.97 Å². The van der Waals surface area contributed by atoms with Gasteiger partial charge in [-0.25, -0.2) is 4.79 Å². The SMILES string of the molecule is CCC(C)c1ccc(C(C)NC(=S)Nc2sc(C)cc2C(=O)OC)cc1. The smallest absolute Gasteiger partial charge is 0.340 e. The van der Waals surface area contributed by atoms with Gasteiger partial charge in [0, 0.05) is 4.88 Å². The van der Waals surface area contributed by atoms with Crippen LogP contribution in [0.25, 0.3) is 0 Å². The van der Waals surface area contributed by atoms with Gasteiger partial charge in [-0.1, -0.05) is 38.1 Å². The molecule has 1 aromatic carbocycles. The minimum atomic E-state index is -0.367. The Balaban J connectivity index is 2.02. The van der Waals surface area contributed by atoms with Crippen molar-refractivity contribution in [2.45, 2.75) is 46.1 Å². The summed E-state index contributed by atoms with van der Waals surface area (Å²) in [5.41, 5.74) is 3.02. The third-order valence-corrected chi connectivity index (χ3v) is 5.64. The van der Waals surface area contributed by atoms with Crippen molar-refractivity contribution in [2.24, 2.45) is 0 Å². The van der Waals surface area contributed by atoms with Gasteiger partial charge in [0.2, 0.25) is 0 Å². The maximum Gasteiger partial charge on any atom is 0.340 e. The Kier molecular flexibility index (Phi) is 7.17. The van der Waals surface area contributed by atoms with Crippen LogP contribution in [0.3, 0.4) is 0 Å². The number of thiocarbonyl (C=S) groups is 1. The normalized spacial score (nSPS) is 13.0. The Labute approximate surface area is 165 Å². The summed E-state index contributed by atoms with van der Waals surface area (Å²) in [4.78, 5) is 12.9. The molecular formula is C20H26N2O2S2. The van der Waals surface area contributed by atoms with Gasteiger partial charge in [0.15, 0.2) is 5.11 Å². The summed E-state index contributed by atoms with van der Waals surface area (Å²) in [7, 11) is 1.38. The van der Waals surface area contributed by atoms with Gasteiger partial charge in [-0.05, 0) is 55.6 Å². The Morgan fingerprint density at radius 3 is 2.42 bits per heavy atom. The summed E-state index contributed by atoms with van der Waals surface area (Å²) >= 11 is 6.90. The second kappa shape index (κ2) is 9.14. The molecule has 6 heteroatoms. The zero-order chi connectivity index (χ0) is 19.3. The highest BCUT2D eigenvalue weighted by Crippen LogP contribution is 2.28. The number of methoxy groups -OCH3 is 1. The molecule has 2 unspecified atom stereocenters. The lowest BCUT2D eigenvalue weighted by Crippen LogP contribution is -2.31. The number of aryl methyl sites for hydroxylation is 1. The van der Waals surface area contributed by atoms with Gasteiger partial charge in [-0.3, -0.25) is 0 Å². The van der Waals surface area contributed by atoms with E-state index in [9.17, 15) is 4.79 Å². The first kappa shape index (κ1) is 20.4. The molecule has 2 rings (SSSR count). The lowest BCUT2D eigenvalue weighted by Gasteiger charge is -2.18. The van der Waals surface area contributed by atoms with Crippen molar-refractivity contribution in [3.8, 4) is 0 Å². The lowest BCUT2D eigenvalue weighted by atomic mass is 9.96. The maximum absolute atomic E-state index is 11.9. The predicted molar refractivity (Wildman–Crippen MR) is 113 cm³/mol. The molecule has 0 radical (unpaired) electrons. The van der Waals surface area contributed by atoms with Crippen LogP contribution in [0, 0.1) is 6.92 Å². The minimum absolute atomic E-state index is 0.0589. The molecule has 0 aliphatic heterocycles. The van der Waals surface area contributed by atoms with Crippen molar-refractivity contribution in [2.75, 3.05) is 12.4 Å². The number of ether oxygens (including phenoxy) is 1. The summed E-state index contributed by atoms with van der Waals surface area (Å²) < 4.78 is 4.83. The van der Waals surface area contributed by atoms with Crippen molar-refractivity contribution < 1.29 is 9.53 Å². The van der Waals surface area contributed by atoms with Crippen LogP contribution in [-0.2, 0) is 4.74 Å². The average Bonchev–Trinajstić information content (AvgIpc) is 3.00. The van der Waals surface area contributed by atoms with E-state index in [1.165, 1.54) is 24.0 Å². The molecule has 0 aliphatic carbocycles. The lowest BCUT2D eigenvalue weighted by molar-refractivity contribution is 0.0602. The highest BCUT2D eigenvalue weighted by molar-refractivity contribution is 7.80. The summed E-state index contributed by atoms with van der Waals surface area (Å²) in [6, 6.07) is 10.5. The number of benzene rings is 1. The average molecular weight is 391 g/mol. The van der Waals surface area contributed by atoms with E-state index in [0.717, 1.165) is 16.9 Å². The molecule has 2 atom stereocenters. The van der Waals surface area contributed by atoms with E-state index in [0.29, 0.717) is 21.6 Å². The first-order valence-electron chi connectivity index (χ1n) is 8.71. The molecule has 0 saturated carbocycles. The Morgan fingerprint density at radius 2 is 1.85 bits per heavy atom. The molecule has 0 aliphatic rings. The summed E-state index contributed by atoms with van der Waals surface area (Å²) in [6.07, 6.45) is 1.13. The monoisotopic (exact) mass is 390 g/mol. The fourth-order valence-corrected chi connectivity index (χ4v) is 3.88. The van der Waals surface area contributed by atoms with Gasteiger partial charge in [-0.15, -0.1) is 11.3 Å². The number of esters is 1. The van der Waals surface area contributed by atoms with E-state index in [1.54, 1.807) is 6.07 Å². The van der Waals surface area contributed by atoms with Crippen LogP contribution in [0.5, 0.6) is 0 Å². The maximum atomic E-state index is 11.9. The van der Waals surface area contributed by atoms with Crippen LogP contribution in [0.4, 0.5) is 5.00 Å². The van der Waals surface area contributed by atoms with Crippen LogP contribution in [0.2, 0.25) is 0 Å². The van der Waals surface area contributed by atoms with Crippen LogP contribution in [0.1, 0.15) is 65.5 Å². The Bertz CT molecular complexity index is 769. The first-order valence-corrected chi connectivity index (χ1v) is 9.94. The van der Waals surface area contributed by atoms with E-state index in [1.807, 2.05) is 6.92 Å². The Hall–Kier alpha value is -1.92. The van der Waals surface area contributed by atoms with Crippen LogP contribution < -0.4 is 10.6 Å². The first-order chi connectivity index (χ1) is 12.3. The molecule has 0 saturated heterocycles. The zero-order valence-corrected chi connectivity index (χ0v) is 17.5. The topological polar surface area (TPSA) is 50.4 Å². The molecule has 1 aromatic heterocycles. The highest BCUT2D eigenvalue weighted by Gasteiger charge is 2.17. The van der Waals surface area contributed by atoms with Crippen LogP contribution in [-0.4, -0.2) is 18.2 Å². The van der Waals surface area contributed by atoms with E-state index < -0.39 is 0 Å². The molecular weight excluding hydrogens is 364 g/mol. The zero-order valence-electron chi connectivity index (χ0n) is 15.9. The highest BCUT2D eigenvalue weighted by atomic mass is 32.1. The summed E-state index contributed by atoms with van der Waals surface area (Å²) in [5.74, 6) is 0.196. The molecule has 26 heavy (non-hydrogen) atoms. The quantitative estimate of drug-likeness (QED) is 0.510. The molecule has 0 bridgehead atoms. The van der Waals surface area contributed by atoms with E-state index in [2.05, 4.69) is 55.7 Å². The number of hydrogen-bond donors (Lipinski definition) is 2. The number of carbonyl (C=O) groups excluding carboxylic acids is 1. The summed E-state index contributed by atoms with van der Waals surface area (Å²) in [6.45, 7) is 8.44. The van der Waals surface area contributed by atoms with Crippen molar-refractivity contribution in [1.82, 2.24) is 5.32 Å². The third kappa shape index (κ3) is 5.05. The number of anilines is 1. The van der Waals surface area contributed by atoms with E-state index >= 15 is 0 Å². The largest absolute Gasteiger partial charge is 0.465 e. The number of carbonyl (C=O) groups is 1. The standard InChI is InChI=1S/C20H26N2O2S2/c1-6-12(2)15-7-9-16(10-8-15)14(4)21-20(25)22-18-17(19(23)24-5)11-13(3)26-18/h7-12,14H,6H2,1-5H3,(H2,21,22,25). The van der Waals surface area contributed by atoms with Crippen molar-refractivity contribution in [1.29, 1.82) is 0 Å². The molecule has 1 heterocycles. The fraction of sp³-hybridized carbons (Fsp3) is 0.400. The minimum Gasteiger partial charge on any atom is -0.465 e. The Morgan fingerprint density at radius 1 is 1.23 bits per heavy atom. The predicted octanol–water partition coefficient (Wildman–Crippen LogP) is 5.40. The molecule has 4 nitrogen and oxygen atoms in total. The second-order valence-corrected chi connectivity index (χ2v) is 8.05. The summed E-state index contributed by atoms with van der Waals surface area (Å²) in [5, 5.41) is 7.58. The van der Waals surface area contributed by atoms with E-state index in [-0.39, 0.29) is 12.0 Å². The molecule has 2 N–H and O–H groups in total. The molecule has 0 amide bonds. The van der Waals surface area contributed by atoms with Gasteiger partial charge in [0.05, 0.1) is 18.7 Å². The van der Waals surface area contributed by atoms with Crippen molar-refractivity contribution in [3.63, 3.8) is 0 Å². The van der Waals surface area contributed by atoms with Crippen molar-refractivity contribution >= 4 is 39.6 Å². The number of rotatable bonds is 6. The van der Waals surface area contributed by atoms with Gasteiger partial charge in [-0.2, -0.15) is 0 Å². The molecule has 2 aromatic rings. The van der Waals surface area contributed by atoms with Crippen molar-refractivity contribution in [3.05, 3.63) is 51.9 Å². The van der Waals surface area contributed by atoms with Crippen LogP contribution >= 0.6 is 23.6 Å². The number of nitrogens with one attached hydrogen (secondary N) is 2.